The Kier molecular flexibility index (Phi) is 5.92. The molecule has 8 heteroatoms. The second-order valence-electron chi connectivity index (χ2n) is 10.1. The molecule has 31 heavy (non-hydrogen) atoms. The third-order valence-corrected chi connectivity index (χ3v) is 8.53. The van der Waals surface area contributed by atoms with Crippen LogP contribution in [-0.2, 0) is 54.1 Å². The average molecular weight is 504 g/mol. The van der Waals surface area contributed by atoms with Crippen LogP contribution in [0.5, 0.6) is 5.75 Å². The van der Waals surface area contributed by atoms with E-state index in [9.17, 15) is 19.8 Å². The summed E-state index contributed by atoms with van der Waals surface area (Å²) >= 11 is 0. The van der Waals surface area contributed by atoms with Gasteiger partial charge in [0.1, 0.15) is 35.8 Å². The second-order valence-corrected chi connectivity index (χ2v) is 10.1. The van der Waals surface area contributed by atoms with Gasteiger partial charge in [-0.15, -0.1) is 0 Å². The van der Waals surface area contributed by atoms with Crippen molar-refractivity contribution in [3.63, 3.8) is 0 Å². The monoisotopic (exact) mass is 504 g/mol. The van der Waals surface area contributed by atoms with Gasteiger partial charge < -0.3 is 25.2 Å². The van der Waals surface area contributed by atoms with Crippen LogP contribution in [0.15, 0.2) is 12.1 Å². The van der Waals surface area contributed by atoms with Crippen molar-refractivity contribution in [3.05, 3.63) is 28.8 Å². The molecule has 1 radical (unpaired) electrons. The van der Waals surface area contributed by atoms with Crippen molar-refractivity contribution in [3.8, 4) is 5.75 Å². The molecule has 2 heterocycles. The maximum Gasteiger partial charge on any atom is 0.252 e. The Hall–Kier alpha value is -0.856. The number of hydrogen-bond donors (Lipinski definition) is 3. The number of benzene rings is 1. The van der Waals surface area contributed by atoms with Crippen LogP contribution in [-0.4, -0.2) is 70.9 Å². The van der Waals surface area contributed by atoms with E-state index in [4.69, 9.17) is 10.5 Å². The first-order chi connectivity index (χ1) is 14.2. The molecule has 4 aliphatic rings. The van der Waals surface area contributed by atoms with Gasteiger partial charge in [0.15, 0.2) is 0 Å². The van der Waals surface area contributed by atoms with Crippen LogP contribution < -0.4 is 5.73 Å². The van der Waals surface area contributed by atoms with Crippen LogP contribution in [0.4, 0.5) is 0 Å². The van der Waals surface area contributed by atoms with E-state index in [1.807, 2.05) is 6.07 Å². The molecule has 2 aliphatic heterocycles. The third-order valence-electron chi connectivity index (χ3n) is 8.53. The van der Waals surface area contributed by atoms with E-state index in [-0.39, 0.29) is 68.4 Å². The van der Waals surface area contributed by atoms with Gasteiger partial charge in [-0.05, 0) is 30.9 Å². The van der Waals surface area contributed by atoms with E-state index in [0.29, 0.717) is 35.7 Å². The van der Waals surface area contributed by atoms with Gasteiger partial charge in [0, 0.05) is 76.0 Å². The molecule has 4 N–H and O–H groups in total. The van der Waals surface area contributed by atoms with E-state index < -0.39 is 16.9 Å². The molecule has 2 aliphatic carbocycles. The number of rotatable bonds is 3. The van der Waals surface area contributed by atoms with Crippen molar-refractivity contribution in [2.24, 2.45) is 5.73 Å². The summed E-state index contributed by atoms with van der Waals surface area (Å²) in [5.41, 5.74) is 5.05. The molecule has 0 spiro atoms. The SMILES string of the molecule is C[N+]1(CC2CCCO2)CC[C@]23CC(=O)CC[C@@]2(O)[C@H]1Cc1ccc(C(N)=O)c(O)c13.[Y]. The molecule has 1 saturated carbocycles. The van der Waals surface area contributed by atoms with Crippen molar-refractivity contribution in [2.75, 3.05) is 26.7 Å². The fourth-order valence-corrected chi connectivity index (χ4v) is 7.09. The number of primary amides is 1. The zero-order chi connectivity index (χ0) is 21.3. The van der Waals surface area contributed by atoms with Crippen molar-refractivity contribution in [1.29, 1.82) is 0 Å². The topological polar surface area (TPSA) is 110 Å². The maximum atomic E-state index is 12.6. The van der Waals surface area contributed by atoms with Crippen molar-refractivity contribution >= 4 is 11.7 Å². The first-order valence-corrected chi connectivity index (χ1v) is 11.1. The van der Waals surface area contributed by atoms with Gasteiger partial charge in [-0.2, -0.15) is 0 Å². The number of carbonyl (C=O) groups excluding carboxylic acids is 2. The Morgan fingerprint density at radius 2 is 2.13 bits per heavy atom. The Labute approximate surface area is 207 Å². The van der Waals surface area contributed by atoms with Crippen molar-refractivity contribution < 1.29 is 61.7 Å². The Morgan fingerprint density at radius 3 is 2.81 bits per heavy atom. The number of carbonyl (C=O) groups is 2. The average Bonchev–Trinajstić information content (AvgIpc) is 3.18. The number of amides is 1. The van der Waals surface area contributed by atoms with Gasteiger partial charge in [-0.1, -0.05) is 6.07 Å². The molecule has 1 aromatic carbocycles. The van der Waals surface area contributed by atoms with Crippen LogP contribution in [0.2, 0.25) is 0 Å². The molecule has 2 unspecified atom stereocenters. The zero-order valence-corrected chi connectivity index (χ0v) is 20.9. The van der Waals surface area contributed by atoms with Gasteiger partial charge in [0.2, 0.25) is 0 Å². The molecule has 3 fully saturated rings. The number of quaternary nitrogens is 1. The summed E-state index contributed by atoms with van der Waals surface area (Å²) in [5, 5.41) is 23.3. The number of ketones is 1. The number of fused-ring (bicyclic) bond motifs is 1. The van der Waals surface area contributed by atoms with Gasteiger partial charge >= 0.3 is 0 Å². The Balaban J connectivity index is 0.00000231. The number of piperidine rings is 1. The fraction of sp³-hybridized carbons (Fsp3) is 0.652. The van der Waals surface area contributed by atoms with Gasteiger partial charge in [0.25, 0.3) is 5.91 Å². The minimum absolute atomic E-state index is 0. The quantitative estimate of drug-likeness (QED) is 0.536. The van der Waals surface area contributed by atoms with Gasteiger partial charge in [0.05, 0.1) is 19.2 Å². The predicted octanol–water partition coefficient (Wildman–Crippen LogP) is 1.16. The standard InChI is InChI=1S/C23H30N2O5.Y/c1-25(13-16-3-2-10-30-16)9-8-22-12-15(26)6-7-23(22,29)18(25)11-14-4-5-17(21(24)28)20(27)19(14)22;/h4-5,16,18,29H,2-3,6-13H2,1H3,(H2-,24,27,28);/p+1/t16?,18-,22-,23-,25?;/m1./s1. The Morgan fingerprint density at radius 1 is 1.35 bits per heavy atom. The first-order valence-electron chi connectivity index (χ1n) is 11.1. The predicted molar refractivity (Wildman–Crippen MR) is 109 cm³/mol. The summed E-state index contributed by atoms with van der Waals surface area (Å²) in [6.45, 7) is 2.43. The Bertz CT molecular complexity index is 933. The molecule has 1 aromatic rings. The summed E-state index contributed by atoms with van der Waals surface area (Å²) in [5.74, 6) is -0.749. The van der Waals surface area contributed by atoms with Crippen LogP contribution in [0.25, 0.3) is 0 Å². The van der Waals surface area contributed by atoms with E-state index >= 15 is 0 Å². The largest absolute Gasteiger partial charge is 0.507 e. The van der Waals surface area contributed by atoms with E-state index in [0.717, 1.165) is 38.1 Å². The van der Waals surface area contributed by atoms with E-state index in [1.54, 1.807) is 6.07 Å². The number of nitrogens with zero attached hydrogens (tertiary/aromatic N) is 1. The number of hydrogen-bond acceptors (Lipinski definition) is 5. The zero-order valence-electron chi connectivity index (χ0n) is 18.1. The molecule has 1 amide bonds. The van der Waals surface area contributed by atoms with E-state index in [2.05, 4.69) is 7.05 Å². The number of Topliss-reactive ketones (excluding diaryl/α,β-unsaturated/α-hetero) is 1. The number of aromatic hydroxyl groups is 1. The van der Waals surface area contributed by atoms with Gasteiger partial charge in [-0.3, -0.25) is 9.59 Å². The van der Waals surface area contributed by atoms with Crippen LogP contribution in [0, 0.1) is 0 Å². The van der Waals surface area contributed by atoms with Crippen LogP contribution >= 0.6 is 0 Å². The maximum absolute atomic E-state index is 12.6. The van der Waals surface area contributed by atoms with Crippen LogP contribution in [0.3, 0.4) is 0 Å². The molecule has 2 saturated heterocycles. The summed E-state index contributed by atoms with van der Waals surface area (Å²) in [4.78, 5) is 24.5. The minimum atomic E-state index is -1.12. The molecule has 2 bridgehead atoms. The van der Waals surface area contributed by atoms with Crippen molar-refractivity contribution in [1.82, 2.24) is 0 Å². The summed E-state index contributed by atoms with van der Waals surface area (Å²) in [7, 11) is 2.20. The second kappa shape index (κ2) is 7.87. The number of likely N-dealkylation sites (N-methyl/N-ethyl adjacent to an activating group) is 1. The third kappa shape index (κ3) is 3.26. The van der Waals surface area contributed by atoms with Crippen molar-refractivity contribution in [2.45, 2.75) is 68.1 Å². The summed E-state index contributed by atoms with van der Waals surface area (Å²) < 4.78 is 6.63. The molecule has 5 atom stereocenters. The fourth-order valence-electron chi connectivity index (χ4n) is 7.09. The number of ether oxygens (including phenoxy) is 1. The molecule has 7 nitrogen and oxygen atoms in total. The molecular formula is C23H31N2O5Y+. The number of nitrogens with two attached hydrogens (primary N) is 1. The number of aliphatic hydroxyl groups is 1. The van der Waals surface area contributed by atoms with E-state index in [1.165, 1.54) is 0 Å². The number of likely N-dealkylation sites (tertiary alicyclic amines) is 1. The van der Waals surface area contributed by atoms with Crippen LogP contribution in [0.1, 0.15) is 60.0 Å². The molecule has 5 rings (SSSR count). The summed E-state index contributed by atoms with van der Waals surface area (Å²) in [6.07, 6.45) is 4.42. The summed E-state index contributed by atoms with van der Waals surface area (Å²) in [6, 6.07) is 3.34. The molecule has 165 valence electrons. The minimum Gasteiger partial charge on any atom is -0.507 e. The first kappa shape index (κ1) is 23.3. The molecule has 0 aromatic heterocycles. The van der Waals surface area contributed by atoms with Gasteiger partial charge in [-0.25, -0.2) is 0 Å². The molecular weight excluding hydrogens is 473 g/mol. The smallest absolute Gasteiger partial charge is 0.252 e. The normalized spacial score (nSPS) is 38.7. The number of phenols is 1.